The summed E-state index contributed by atoms with van der Waals surface area (Å²) in [7, 11) is 0. The van der Waals surface area contributed by atoms with Gasteiger partial charge >= 0.3 is 5.97 Å². The average molecular weight is 381 g/mol. The van der Waals surface area contributed by atoms with Gasteiger partial charge in [-0.15, -0.1) is 0 Å². The zero-order chi connectivity index (χ0) is 19.9. The summed E-state index contributed by atoms with van der Waals surface area (Å²) < 4.78 is 16.3. The van der Waals surface area contributed by atoms with E-state index in [0.717, 1.165) is 17.4 Å². The van der Waals surface area contributed by atoms with Crippen LogP contribution in [0.15, 0.2) is 52.9 Å². The SMILES string of the molecule is CCOCc1c(C(=O)OCC(=O)Nc2cccc(CC)c2)oc2ccccc12. The second-order valence-electron chi connectivity index (χ2n) is 6.22. The molecule has 2 aromatic carbocycles. The van der Waals surface area contributed by atoms with Crippen LogP contribution in [0, 0.1) is 0 Å². The van der Waals surface area contributed by atoms with E-state index in [0.29, 0.717) is 23.4 Å². The predicted octanol–water partition coefficient (Wildman–Crippen LogP) is 4.33. The zero-order valence-electron chi connectivity index (χ0n) is 16.0. The molecule has 28 heavy (non-hydrogen) atoms. The number of amides is 1. The van der Waals surface area contributed by atoms with Gasteiger partial charge in [0.2, 0.25) is 5.76 Å². The molecule has 1 N–H and O–H groups in total. The topological polar surface area (TPSA) is 77.8 Å². The number of furan rings is 1. The molecule has 6 heteroatoms. The van der Waals surface area contributed by atoms with Crippen LogP contribution in [-0.4, -0.2) is 25.1 Å². The number of benzene rings is 2. The number of para-hydroxylation sites is 1. The lowest BCUT2D eigenvalue weighted by molar-refractivity contribution is -0.119. The number of rotatable bonds is 8. The van der Waals surface area contributed by atoms with Crippen LogP contribution in [0.25, 0.3) is 11.0 Å². The molecule has 1 aromatic heterocycles. The van der Waals surface area contributed by atoms with Crippen molar-refractivity contribution in [3.05, 3.63) is 65.4 Å². The lowest BCUT2D eigenvalue weighted by atomic mass is 10.1. The number of hydrogen-bond acceptors (Lipinski definition) is 5. The van der Waals surface area contributed by atoms with Crippen molar-refractivity contribution in [2.24, 2.45) is 0 Å². The molecule has 3 aromatic rings. The number of aryl methyl sites for hydroxylation is 1. The van der Waals surface area contributed by atoms with Gasteiger partial charge in [0.25, 0.3) is 5.91 Å². The molecule has 0 aliphatic carbocycles. The first-order valence-corrected chi connectivity index (χ1v) is 9.26. The Labute approximate surface area is 163 Å². The van der Waals surface area contributed by atoms with Gasteiger partial charge in [0.05, 0.1) is 6.61 Å². The highest BCUT2D eigenvalue weighted by atomic mass is 16.5. The van der Waals surface area contributed by atoms with E-state index in [-0.39, 0.29) is 12.4 Å². The summed E-state index contributed by atoms with van der Waals surface area (Å²) in [4.78, 5) is 24.6. The number of esters is 1. The maximum Gasteiger partial charge on any atom is 0.375 e. The Hall–Kier alpha value is -3.12. The van der Waals surface area contributed by atoms with Crippen molar-refractivity contribution in [3.8, 4) is 0 Å². The Morgan fingerprint density at radius 1 is 1.07 bits per heavy atom. The molecule has 0 unspecified atom stereocenters. The van der Waals surface area contributed by atoms with E-state index in [9.17, 15) is 9.59 Å². The first-order valence-electron chi connectivity index (χ1n) is 9.26. The van der Waals surface area contributed by atoms with Crippen LogP contribution in [0.2, 0.25) is 0 Å². The molecule has 6 nitrogen and oxygen atoms in total. The molecule has 3 rings (SSSR count). The molecule has 0 saturated carbocycles. The fourth-order valence-electron chi connectivity index (χ4n) is 2.87. The number of nitrogens with one attached hydrogen (secondary N) is 1. The van der Waals surface area contributed by atoms with Gasteiger partial charge in [-0.05, 0) is 37.1 Å². The Morgan fingerprint density at radius 3 is 2.68 bits per heavy atom. The number of hydrogen-bond donors (Lipinski definition) is 1. The van der Waals surface area contributed by atoms with Gasteiger partial charge in [0, 0.05) is 23.2 Å². The van der Waals surface area contributed by atoms with Crippen LogP contribution >= 0.6 is 0 Å². The minimum atomic E-state index is -0.691. The highest BCUT2D eigenvalue weighted by Crippen LogP contribution is 2.27. The van der Waals surface area contributed by atoms with Gasteiger partial charge in [-0.1, -0.05) is 37.3 Å². The summed E-state index contributed by atoms with van der Waals surface area (Å²) in [6.07, 6.45) is 0.868. The van der Waals surface area contributed by atoms with Crippen molar-refractivity contribution in [1.29, 1.82) is 0 Å². The third-order valence-electron chi connectivity index (χ3n) is 4.29. The largest absolute Gasteiger partial charge is 0.450 e. The molecule has 0 aliphatic heterocycles. The number of anilines is 1. The lowest BCUT2D eigenvalue weighted by Gasteiger charge is -2.08. The van der Waals surface area contributed by atoms with Crippen molar-refractivity contribution >= 4 is 28.5 Å². The van der Waals surface area contributed by atoms with E-state index in [4.69, 9.17) is 13.9 Å². The fourth-order valence-corrected chi connectivity index (χ4v) is 2.87. The van der Waals surface area contributed by atoms with E-state index in [1.165, 1.54) is 0 Å². The van der Waals surface area contributed by atoms with Crippen LogP contribution < -0.4 is 5.32 Å². The summed E-state index contributed by atoms with van der Waals surface area (Å²) >= 11 is 0. The molecule has 0 spiro atoms. The second-order valence-corrected chi connectivity index (χ2v) is 6.22. The molecule has 1 heterocycles. The first kappa shape index (κ1) is 19.6. The van der Waals surface area contributed by atoms with E-state index < -0.39 is 18.5 Å². The Bertz CT molecular complexity index is 976. The minimum Gasteiger partial charge on any atom is -0.450 e. The van der Waals surface area contributed by atoms with E-state index in [1.54, 1.807) is 12.1 Å². The van der Waals surface area contributed by atoms with E-state index >= 15 is 0 Å². The number of fused-ring (bicyclic) bond motifs is 1. The van der Waals surface area contributed by atoms with Crippen molar-refractivity contribution in [1.82, 2.24) is 0 Å². The van der Waals surface area contributed by atoms with E-state index in [1.807, 2.05) is 50.2 Å². The number of carbonyl (C=O) groups excluding carboxylic acids is 2. The van der Waals surface area contributed by atoms with Crippen LogP contribution in [0.1, 0.15) is 35.5 Å². The van der Waals surface area contributed by atoms with Crippen molar-refractivity contribution in [2.45, 2.75) is 26.9 Å². The molecule has 146 valence electrons. The smallest absolute Gasteiger partial charge is 0.375 e. The average Bonchev–Trinajstić information content (AvgIpc) is 3.09. The molecule has 0 fully saturated rings. The van der Waals surface area contributed by atoms with Gasteiger partial charge < -0.3 is 19.2 Å². The molecule has 0 aliphatic rings. The zero-order valence-corrected chi connectivity index (χ0v) is 16.0. The minimum absolute atomic E-state index is 0.0652. The molecule has 1 amide bonds. The van der Waals surface area contributed by atoms with Crippen molar-refractivity contribution < 1.29 is 23.5 Å². The predicted molar refractivity (Wildman–Crippen MR) is 106 cm³/mol. The second kappa shape index (κ2) is 9.19. The van der Waals surface area contributed by atoms with Crippen LogP contribution in [0.3, 0.4) is 0 Å². The van der Waals surface area contributed by atoms with Crippen molar-refractivity contribution in [2.75, 3.05) is 18.5 Å². The monoisotopic (exact) mass is 381 g/mol. The van der Waals surface area contributed by atoms with Gasteiger partial charge in [-0.2, -0.15) is 0 Å². The van der Waals surface area contributed by atoms with Crippen LogP contribution in [0.4, 0.5) is 5.69 Å². The van der Waals surface area contributed by atoms with Gasteiger partial charge in [-0.25, -0.2) is 4.79 Å². The molecule has 0 atom stereocenters. The number of carbonyl (C=O) groups is 2. The molecule has 0 saturated heterocycles. The van der Waals surface area contributed by atoms with Crippen LogP contribution in [0.5, 0.6) is 0 Å². The number of ether oxygens (including phenoxy) is 2. The third kappa shape index (κ3) is 4.58. The normalized spacial score (nSPS) is 10.8. The quantitative estimate of drug-likeness (QED) is 0.588. The Morgan fingerprint density at radius 2 is 1.89 bits per heavy atom. The molecule has 0 bridgehead atoms. The molecular weight excluding hydrogens is 358 g/mol. The summed E-state index contributed by atoms with van der Waals surface area (Å²) in [5.41, 5.74) is 2.97. The Balaban J connectivity index is 1.68. The molecular formula is C22H23NO5. The van der Waals surface area contributed by atoms with Crippen LogP contribution in [-0.2, 0) is 27.3 Å². The van der Waals surface area contributed by atoms with Gasteiger partial charge in [0.15, 0.2) is 6.61 Å². The van der Waals surface area contributed by atoms with E-state index in [2.05, 4.69) is 5.32 Å². The summed E-state index contributed by atoms with van der Waals surface area (Å²) in [5, 5.41) is 3.52. The van der Waals surface area contributed by atoms with Gasteiger partial charge in [0.1, 0.15) is 5.58 Å². The highest BCUT2D eigenvalue weighted by molar-refractivity contribution is 5.98. The molecule has 0 radical (unpaired) electrons. The summed E-state index contributed by atoms with van der Waals surface area (Å²) in [5.74, 6) is -1.04. The first-order chi connectivity index (χ1) is 13.6. The van der Waals surface area contributed by atoms with Gasteiger partial charge in [-0.3, -0.25) is 4.79 Å². The highest BCUT2D eigenvalue weighted by Gasteiger charge is 2.22. The fraction of sp³-hybridized carbons (Fsp3) is 0.273. The lowest BCUT2D eigenvalue weighted by Crippen LogP contribution is -2.21. The summed E-state index contributed by atoms with van der Waals surface area (Å²) in [6, 6.07) is 14.8. The standard InChI is InChI=1S/C22H23NO5/c1-3-15-8-7-9-16(12-15)23-20(24)14-27-22(25)21-18(13-26-4-2)17-10-5-6-11-19(17)28-21/h5-12H,3-4,13-14H2,1-2H3,(H,23,24). The summed E-state index contributed by atoms with van der Waals surface area (Å²) in [6.45, 7) is 4.25. The maximum atomic E-state index is 12.5. The Kier molecular flexibility index (Phi) is 6.45. The van der Waals surface area contributed by atoms with Crippen molar-refractivity contribution in [3.63, 3.8) is 0 Å². The third-order valence-corrected chi connectivity index (χ3v) is 4.29. The maximum absolute atomic E-state index is 12.5.